The fourth-order valence-electron chi connectivity index (χ4n) is 2.07. The predicted molar refractivity (Wildman–Crippen MR) is 60.7 cm³/mol. The summed E-state index contributed by atoms with van der Waals surface area (Å²) in [6.45, 7) is 3.80. The lowest BCUT2D eigenvalue weighted by molar-refractivity contribution is -0.292. The Hall–Kier alpha value is -1.18. The highest BCUT2D eigenvalue weighted by Gasteiger charge is 2.61. The van der Waals surface area contributed by atoms with Gasteiger partial charge in [0.1, 0.15) is 5.69 Å². The lowest BCUT2D eigenvalue weighted by atomic mass is 10.1. The Morgan fingerprint density at radius 1 is 1.30 bits per heavy atom. The van der Waals surface area contributed by atoms with Crippen molar-refractivity contribution < 1.29 is 26.7 Å². The molecule has 3 nitrogen and oxygen atoms in total. The van der Waals surface area contributed by atoms with Crippen LogP contribution in [0.15, 0.2) is 6.07 Å². The third-order valence-corrected chi connectivity index (χ3v) is 3.28. The van der Waals surface area contributed by atoms with Gasteiger partial charge in [-0.15, -0.1) is 0 Å². The fraction of sp³-hybridized carbons (Fsp3) is 0.750. The number of halogens is 5. The van der Waals surface area contributed by atoms with Gasteiger partial charge in [0, 0.05) is 6.61 Å². The highest BCUT2D eigenvalue weighted by Crippen LogP contribution is 2.45. The van der Waals surface area contributed by atoms with E-state index >= 15 is 0 Å². The molecule has 1 aromatic heterocycles. The average Bonchev–Trinajstić information content (AvgIpc) is 2.96. The first-order chi connectivity index (χ1) is 9.14. The first-order valence-electron chi connectivity index (χ1n) is 6.26. The van der Waals surface area contributed by atoms with Gasteiger partial charge < -0.3 is 4.74 Å². The molecule has 0 N–H and O–H groups in total. The zero-order valence-electron chi connectivity index (χ0n) is 11.0. The standard InChI is InChI=1S/C12H15F5N2O/c1-7(2)9-5-10(11(13,14)12(15,16)17)19(18-9)8-3-4-20-6-8/h5,7-8H,3-4,6H2,1-2H3. The summed E-state index contributed by atoms with van der Waals surface area (Å²) in [4.78, 5) is 0. The summed E-state index contributed by atoms with van der Waals surface area (Å²) >= 11 is 0. The Morgan fingerprint density at radius 2 is 1.95 bits per heavy atom. The van der Waals surface area contributed by atoms with Crippen LogP contribution in [-0.4, -0.2) is 29.2 Å². The SMILES string of the molecule is CC(C)c1cc(C(F)(F)C(F)(F)F)n(C2CCOC2)n1. The maximum atomic E-state index is 13.6. The summed E-state index contributed by atoms with van der Waals surface area (Å²) in [5.41, 5.74) is -0.889. The molecule has 0 aliphatic carbocycles. The Labute approximate surface area is 112 Å². The summed E-state index contributed by atoms with van der Waals surface area (Å²) < 4.78 is 70.8. The molecule has 0 radical (unpaired) electrons. The summed E-state index contributed by atoms with van der Waals surface area (Å²) in [6.07, 6.45) is -5.27. The van der Waals surface area contributed by atoms with Crippen molar-refractivity contribution in [2.45, 2.75) is 44.3 Å². The largest absolute Gasteiger partial charge is 0.459 e. The molecule has 0 bridgehead atoms. The number of aromatic nitrogens is 2. The van der Waals surface area contributed by atoms with Crippen molar-refractivity contribution >= 4 is 0 Å². The van der Waals surface area contributed by atoms with E-state index in [4.69, 9.17) is 4.74 Å². The number of hydrogen-bond acceptors (Lipinski definition) is 2. The van der Waals surface area contributed by atoms with E-state index in [1.165, 1.54) is 0 Å². The monoisotopic (exact) mass is 298 g/mol. The van der Waals surface area contributed by atoms with Crippen LogP contribution in [0.3, 0.4) is 0 Å². The van der Waals surface area contributed by atoms with Crippen molar-refractivity contribution in [2.24, 2.45) is 0 Å². The maximum Gasteiger partial charge on any atom is 0.459 e. The molecule has 8 heteroatoms. The molecule has 0 amide bonds. The third-order valence-electron chi connectivity index (χ3n) is 3.28. The van der Waals surface area contributed by atoms with Gasteiger partial charge in [0.2, 0.25) is 0 Å². The lowest BCUT2D eigenvalue weighted by Gasteiger charge is -2.22. The lowest BCUT2D eigenvalue weighted by Crippen LogP contribution is -2.36. The maximum absolute atomic E-state index is 13.6. The average molecular weight is 298 g/mol. The van der Waals surface area contributed by atoms with Gasteiger partial charge in [0.05, 0.1) is 18.3 Å². The van der Waals surface area contributed by atoms with E-state index in [2.05, 4.69) is 5.10 Å². The molecule has 0 spiro atoms. The molecule has 1 aliphatic rings. The van der Waals surface area contributed by atoms with E-state index in [0.717, 1.165) is 10.7 Å². The molecule has 1 fully saturated rings. The van der Waals surface area contributed by atoms with Gasteiger partial charge in [-0.3, -0.25) is 4.68 Å². The van der Waals surface area contributed by atoms with Gasteiger partial charge in [0.15, 0.2) is 0 Å². The van der Waals surface area contributed by atoms with E-state index < -0.39 is 23.8 Å². The Morgan fingerprint density at radius 3 is 2.40 bits per heavy atom. The van der Waals surface area contributed by atoms with Crippen LogP contribution in [-0.2, 0) is 10.7 Å². The third kappa shape index (κ3) is 2.53. The van der Waals surface area contributed by atoms with E-state index in [-0.39, 0.29) is 18.2 Å². The molecule has 20 heavy (non-hydrogen) atoms. The van der Waals surface area contributed by atoms with Crippen LogP contribution in [0.5, 0.6) is 0 Å². The Kier molecular flexibility index (Phi) is 3.79. The van der Waals surface area contributed by atoms with E-state index in [9.17, 15) is 22.0 Å². The second-order valence-corrected chi connectivity index (χ2v) is 5.14. The van der Waals surface area contributed by atoms with Crippen molar-refractivity contribution in [3.63, 3.8) is 0 Å². The first kappa shape index (κ1) is 15.2. The van der Waals surface area contributed by atoms with Crippen LogP contribution in [0.2, 0.25) is 0 Å². The summed E-state index contributed by atoms with van der Waals surface area (Å²) in [5, 5.41) is 3.93. The van der Waals surface area contributed by atoms with Gasteiger partial charge in [-0.2, -0.15) is 27.1 Å². The highest BCUT2D eigenvalue weighted by atomic mass is 19.4. The van der Waals surface area contributed by atoms with Crippen molar-refractivity contribution in [3.05, 3.63) is 17.5 Å². The summed E-state index contributed by atoms with van der Waals surface area (Å²) in [6, 6.07) is 0.266. The van der Waals surface area contributed by atoms with Crippen LogP contribution in [0.4, 0.5) is 22.0 Å². The van der Waals surface area contributed by atoms with Crippen LogP contribution in [0.1, 0.15) is 43.6 Å². The molecule has 2 heterocycles. The molecule has 1 unspecified atom stereocenters. The second-order valence-electron chi connectivity index (χ2n) is 5.14. The molecule has 114 valence electrons. The number of rotatable bonds is 3. The molecule has 1 aromatic rings. The number of nitrogens with zero attached hydrogens (tertiary/aromatic N) is 2. The summed E-state index contributed by atoms with van der Waals surface area (Å²) in [7, 11) is 0. The predicted octanol–water partition coefficient (Wildman–Crippen LogP) is 3.62. The number of alkyl halides is 5. The topological polar surface area (TPSA) is 27.1 Å². The van der Waals surface area contributed by atoms with Crippen molar-refractivity contribution in [1.29, 1.82) is 0 Å². The van der Waals surface area contributed by atoms with Gasteiger partial charge in [0.25, 0.3) is 0 Å². The zero-order chi connectivity index (χ0) is 15.1. The second kappa shape index (κ2) is 4.98. The minimum atomic E-state index is -5.64. The fourth-order valence-corrected chi connectivity index (χ4v) is 2.07. The van der Waals surface area contributed by atoms with Crippen LogP contribution >= 0.6 is 0 Å². The molecule has 1 aliphatic heterocycles. The first-order valence-corrected chi connectivity index (χ1v) is 6.26. The van der Waals surface area contributed by atoms with Crippen LogP contribution in [0.25, 0.3) is 0 Å². The molecule has 0 saturated carbocycles. The molecular formula is C12H15F5N2O. The van der Waals surface area contributed by atoms with Crippen molar-refractivity contribution in [2.75, 3.05) is 13.2 Å². The molecule has 0 aromatic carbocycles. The molecule has 2 rings (SSSR count). The smallest absolute Gasteiger partial charge is 0.379 e. The van der Waals surface area contributed by atoms with Crippen molar-refractivity contribution in [3.8, 4) is 0 Å². The zero-order valence-corrected chi connectivity index (χ0v) is 11.0. The van der Waals surface area contributed by atoms with Crippen LogP contribution < -0.4 is 0 Å². The summed E-state index contributed by atoms with van der Waals surface area (Å²) in [5.74, 6) is -5.16. The van der Waals surface area contributed by atoms with Crippen molar-refractivity contribution in [1.82, 2.24) is 9.78 Å². The van der Waals surface area contributed by atoms with Gasteiger partial charge >= 0.3 is 12.1 Å². The minimum absolute atomic E-state index is 0.0974. The van der Waals surface area contributed by atoms with E-state index in [0.29, 0.717) is 13.0 Å². The molecular weight excluding hydrogens is 283 g/mol. The minimum Gasteiger partial charge on any atom is -0.379 e. The van der Waals surface area contributed by atoms with Crippen LogP contribution in [0, 0.1) is 0 Å². The quantitative estimate of drug-likeness (QED) is 0.797. The van der Waals surface area contributed by atoms with E-state index in [1.54, 1.807) is 13.8 Å². The number of ether oxygens (including phenoxy) is 1. The Bertz CT molecular complexity index is 475. The van der Waals surface area contributed by atoms with E-state index in [1.807, 2.05) is 0 Å². The van der Waals surface area contributed by atoms with Gasteiger partial charge in [-0.05, 0) is 18.4 Å². The highest BCUT2D eigenvalue weighted by molar-refractivity contribution is 5.20. The molecule has 1 saturated heterocycles. The normalized spacial score (nSPS) is 20.9. The van der Waals surface area contributed by atoms with Gasteiger partial charge in [-0.25, -0.2) is 0 Å². The van der Waals surface area contributed by atoms with Gasteiger partial charge in [-0.1, -0.05) is 13.8 Å². The Balaban J connectivity index is 2.50. The molecule has 1 atom stereocenters. The number of hydrogen-bond donors (Lipinski definition) is 0.